The molecule has 0 saturated heterocycles. The SMILES string of the molecule is Nc1cccc(C(=O)OCCC(=O)NC2CC2)c1. The summed E-state index contributed by atoms with van der Waals surface area (Å²) in [5, 5.41) is 2.83. The van der Waals surface area contributed by atoms with Crippen LogP contribution in [0, 0.1) is 0 Å². The van der Waals surface area contributed by atoms with Gasteiger partial charge in [0.15, 0.2) is 0 Å². The van der Waals surface area contributed by atoms with E-state index in [2.05, 4.69) is 5.32 Å². The van der Waals surface area contributed by atoms with Gasteiger partial charge in [0.05, 0.1) is 12.0 Å². The molecule has 0 atom stereocenters. The molecule has 0 aliphatic heterocycles. The Balaban J connectivity index is 1.72. The van der Waals surface area contributed by atoms with E-state index in [0.29, 0.717) is 17.3 Å². The summed E-state index contributed by atoms with van der Waals surface area (Å²) >= 11 is 0. The lowest BCUT2D eigenvalue weighted by Gasteiger charge is -2.06. The van der Waals surface area contributed by atoms with Gasteiger partial charge in [-0.25, -0.2) is 4.79 Å². The van der Waals surface area contributed by atoms with Crippen molar-refractivity contribution >= 4 is 17.6 Å². The largest absolute Gasteiger partial charge is 0.462 e. The van der Waals surface area contributed by atoms with Gasteiger partial charge in [-0.3, -0.25) is 4.79 Å². The van der Waals surface area contributed by atoms with Crippen LogP contribution in [0.5, 0.6) is 0 Å². The predicted molar refractivity (Wildman–Crippen MR) is 66.9 cm³/mol. The normalized spacial score (nSPS) is 14.0. The molecule has 0 unspecified atom stereocenters. The van der Waals surface area contributed by atoms with Crippen LogP contribution in [0.2, 0.25) is 0 Å². The molecule has 1 aromatic rings. The van der Waals surface area contributed by atoms with E-state index in [4.69, 9.17) is 10.5 Å². The third kappa shape index (κ3) is 3.76. The number of carbonyl (C=O) groups excluding carboxylic acids is 2. The van der Waals surface area contributed by atoms with E-state index in [9.17, 15) is 9.59 Å². The number of amides is 1. The van der Waals surface area contributed by atoms with Crippen LogP contribution in [0.3, 0.4) is 0 Å². The Hall–Kier alpha value is -2.04. The number of nitrogens with two attached hydrogens (primary N) is 1. The molecule has 0 bridgehead atoms. The van der Waals surface area contributed by atoms with Crippen LogP contribution >= 0.6 is 0 Å². The number of nitrogen functional groups attached to an aromatic ring is 1. The highest BCUT2D eigenvalue weighted by Gasteiger charge is 2.23. The molecule has 0 aromatic heterocycles. The summed E-state index contributed by atoms with van der Waals surface area (Å²) in [5.74, 6) is -0.528. The van der Waals surface area contributed by atoms with Gasteiger partial charge in [-0.2, -0.15) is 0 Å². The third-order valence-electron chi connectivity index (χ3n) is 2.63. The van der Waals surface area contributed by atoms with Gasteiger partial charge in [0, 0.05) is 11.7 Å². The van der Waals surface area contributed by atoms with Crippen molar-refractivity contribution in [3.63, 3.8) is 0 Å². The number of nitrogens with one attached hydrogen (secondary N) is 1. The van der Waals surface area contributed by atoms with Gasteiger partial charge in [-0.1, -0.05) is 6.07 Å². The van der Waals surface area contributed by atoms with Crippen molar-refractivity contribution in [1.82, 2.24) is 5.32 Å². The van der Waals surface area contributed by atoms with Crippen molar-refractivity contribution in [2.75, 3.05) is 12.3 Å². The highest BCUT2D eigenvalue weighted by molar-refractivity contribution is 5.90. The molecule has 0 heterocycles. The van der Waals surface area contributed by atoms with Crippen LogP contribution in [0.1, 0.15) is 29.6 Å². The molecule has 1 amide bonds. The van der Waals surface area contributed by atoms with E-state index in [1.165, 1.54) is 0 Å². The van der Waals surface area contributed by atoms with Gasteiger partial charge in [-0.05, 0) is 31.0 Å². The van der Waals surface area contributed by atoms with Gasteiger partial charge >= 0.3 is 5.97 Å². The summed E-state index contributed by atoms with van der Waals surface area (Å²) in [4.78, 5) is 22.9. The van der Waals surface area contributed by atoms with E-state index >= 15 is 0 Å². The Morgan fingerprint density at radius 2 is 2.17 bits per heavy atom. The second-order valence-corrected chi connectivity index (χ2v) is 4.35. The number of rotatable bonds is 5. The van der Waals surface area contributed by atoms with Gasteiger partial charge in [-0.15, -0.1) is 0 Å². The fourth-order valence-corrected chi connectivity index (χ4v) is 1.51. The minimum atomic E-state index is -0.457. The Morgan fingerprint density at radius 3 is 2.83 bits per heavy atom. The Labute approximate surface area is 105 Å². The predicted octanol–water partition coefficient (Wildman–Crippen LogP) is 1.09. The molecule has 1 aliphatic carbocycles. The molecule has 18 heavy (non-hydrogen) atoms. The van der Waals surface area contributed by atoms with Crippen LogP contribution in [-0.4, -0.2) is 24.5 Å². The highest BCUT2D eigenvalue weighted by atomic mass is 16.5. The maximum absolute atomic E-state index is 11.6. The van der Waals surface area contributed by atoms with Crippen molar-refractivity contribution < 1.29 is 14.3 Å². The fourth-order valence-electron chi connectivity index (χ4n) is 1.51. The number of carbonyl (C=O) groups is 2. The lowest BCUT2D eigenvalue weighted by Crippen LogP contribution is -2.26. The average molecular weight is 248 g/mol. The lowest BCUT2D eigenvalue weighted by atomic mass is 10.2. The minimum Gasteiger partial charge on any atom is -0.462 e. The number of esters is 1. The second-order valence-electron chi connectivity index (χ2n) is 4.35. The van der Waals surface area contributed by atoms with Crippen LogP contribution in [0.15, 0.2) is 24.3 Å². The summed E-state index contributed by atoms with van der Waals surface area (Å²) in [5.41, 5.74) is 6.47. The quantitative estimate of drug-likeness (QED) is 0.603. The first-order chi connectivity index (χ1) is 8.65. The molecule has 5 heteroatoms. The topological polar surface area (TPSA) is 81.4 Å². The fraction of sp³-hybridized carbons (Fsp3) is 0.385. The van der Waals surface area contributed by atoms with Crippen molar-refractivity contribution in [2.24, 2.45) is 0 Å². The smallest absolute Gasteiger partial charge is 0.338 e. The Morgan fingerprint density at radius 1 is 1.39 bits per heavy atom. The minimum absolute atomic E-state index is 0.0714. The van der Waals surface area contributed by atoms with E-state index in [1.807, 2.05) is 0 Å². The first kappa shape index (κ1) is 12.4. The maximum atomic E-state index is 11.6. The Kier molecular flexibility index (Phi) is 3.82. The summed E-state index contributed by atoms with van der Waals surface area (Å²) < 4.78 is 5.00. The highest BCUT2D eigenvalue weighted by Crippen LogP contribution is 2.18. The molecule has 1 aromatic carbocycles. The molecular weight excluding hydrogens is 232 g/mol. The first-order valence-electron chi connectivity index (χ1n) is 5.97. The number of hydrogen-bond donors (Lipinski definition) is 2. The van der Waals surface area contributed by atoms with E-state index in [-0.39, 0.29) is 18.9 Å². The van der Waals surface area contributed by atoms with Crippen LogP contribution in [0.4, 0.5) is 5.69 Å². The molecule has 96 valence electrons. The monoisotopic (exact) mass is 248 g/mol. The summed E-state index contributed by atoms with van der Waals surface area (Å²) in [6.45, 7) is 0.0895. The Bertz CT molecular complexity index is 455. The summed E-state index contributed by atoms with van der Waals surface area (Å²) in [6, 6.07) is 6.89. The van der Waals surface area contributed by atoms with Gasteiger partial charge in [0.2, 0.25) is 5.91 Å². The number of ether oxygens (including phenoxy) is 1. The molecule has 5 nitrogen and oxygen atoms in total. The van der Waals surface area contributed by atoms with Crippen LogP contribution in [-0.2, 0) is 9.53 Å². The van der Waals surface area contributed by atoms with Gasteiger partial charge in [0.1, 0.15) is 6.61 Å². The lowest BCUT2D eigenvalue weighted by molar-refractivity contribution is -0.121. The van der Waals surface area contributed by atoms with Crippen LogP contribution in [0.25, 0.3) is 0 Å². The second kappa shape index (κ2) is 5.53. The van der Waals surface area contributed by atoms with Crippen molar-refractivity contribution in [1.29, 1.82) is 0 Å². The zero-order chi connectivity index (χ0) is 13.0. The molecule has 0 spiro atoms. The number of hydrogen-bond acceptors (Lipinski definition) is 4. The van der Waals surface area contributed by atoms with Crippen molar-refractivity contribution in [3.05, 3.63) is 29.8 Å². The number of benzene rings is 1. The number of anilines is 1. The third-order valence-corrected chi connectivity index (χ3v) is 2.63. The molecule has 1 saturated carbocycles. The van der Waals surface area contributed by atoms with Crippen molar-refractivity contribution in [2.45, 2.75) is 25.3 Å². The zero-order valence-electron chi connectivity index (χ0n) is 10.0. The van der Waals surface area contributed by atoms with Gasteiger partial charge in [0.25, 0.3) is 0 Å². The van der Waals surface area contributed by atoms with E-state index in [0.717, 1.165) is 12.8 Å². The first-order valence-corrected chi connectivity index (χ1v) is 5.97. The van der Waals surface area contributed by atoms with Crippen molar-refractivity contribution in [3.8, 4) is 0 Å². The standard InChI is InChI=1S/C13H16N2O3/c14-10-3-1-2-9(8-10)13(17)18-7-6-12(16)15-11-4-5-11/h1-3,8,11H,4-7,14H2,(H,15,16). The average Bonchev–Trinajstić information content (AvgIpc) is 3.12. The molecule has 0 radical (unpaired) electrons. The molecule has 3 N–H and O–H groups in total. The molecule has 2 rings (SSSR count). The summed E-state index contributed by atoms with van der Waals surface area (Å²) in [7, 11) is 0. The molecule has 1 fully saturated rings. The van der Waals surface area contributed by atoms with Gasteiger partial charge < -0.3 is 15.8 Å². The molecule has 1 aliphatic rings. The van der Waals surface area contributed by atoms with E-state index < -0.39 is 5.97 Å². The van der Waals surface area contributed by atoms with Crippen LogP contribution < -0.4 is 11.1 Å². The molecular formula is C13H16N2O3. The zero-order valence-corrected chi connectivity index (χ0v) is 10.0. The van der Waals surface area contributed by atoms with E-state index in [1.54, 1.807) is 24.3 Å². The maximum Gasteiger partial charge on any atom is 0.338 e. The summed E-state index contributed by atoms with van der Waals surface area (Å²) in [6.07, 6.45) is 2.30.